The topological polar surface area (TPSA) is 113 Å². The van der Waals surface area contributed by atoms with E-state index in [1.165, 1.54) is 12.3 Å². The number of amides is 1. The number of nitrogens with one attached hydrogen (secondary N) is 3. The van der Waals surface area contributed by atoms with Crippen molar-refractivity contribution < 1.29 is 13.2 Å². The van der Waals surface area contributed by atoms with E-state index in [-0.39, 0.29) is 27.9 Å². The first-order valence-corrected chi connectivity index (χ1v) is 12.4. The molecule has 8 nitrogen and oxygen atoms in total. The average Bonchev–Trinajstić information content (AvgIpc) is 2.77. The third-order valence-corrected chi connectivity index (χ3v) is 7.89. The van der Waals surface area contributed by atoms with Crippen LogP contribution in [-0.2, 0) is 14.6 Å². The monoisotopic (exact) mass is 477 g/mol. The zero-order valence-electron chi connectivity index (χ0n) is 18.1. The van der Waals surface area contributed by atoms with Gasteiger partial charge in [0.2, 0.25) is 11.9 Å². The number of halogens is 1. The largest absolute Gasteiger partial charge is 0.351 e. The number of hydrogen-bond donors (Lipinski definition) is 3. The maximum Gasteiger partial charge on any atom is 0.243 e. The first kappa shape index (κ1) is 24.0. The fraction of sp³-hybridized carbons (Fsp3) is 0.409. The van der Waals surface area contributed by atoms with E-state index in [1.54, 1.807) is 38.1 Å². The van der Waals surface area contributed by atoms with Crippen molar-refractivity contribution in [3.63, 3.8) is 0 Å². The highest BCUT2D eigenvalue weighted by molar-refractivity contribution is 7.92. The molecule has 172 valence electrons. The molecule has 0 unspecified atom stereocenters. The Morgan fingerprint density at radius 2 is 1.84 bits per heavy atom. The summed E-state index contributed by atoms with van der Waals surface area (Å²) >= 11 is 6.29. The number of rotatable bonds is 8. The molecule has 3 N–H and O–H groups in total. The molecule has 0 radical (unpaired) electrons. The predicted molar refractivity (Wildman–Crippen MR) is 127 cm³/mol. The van der Waals surface area contributed by atoms with Gasteiger partial charge < -0.3 is 16.0 Å². The smallest absolute Gasteiger partial charge is 0.243 e. The van der Waals surface area contributed by atoms with E-state index >= 15 is 0 Å². The van der Waals surface area contributed by atoms with Crippen LogP contribution in [0.2, 0.25) is 5.02 Å². The molecule has 0 atom stereocenters. The highest BCUT2D eigenvalue weighted by Gasteiger charge is 2.24. The lowest BCUT2D eigenvalue weighted by Gasteiger charge is -2.29. The molecular formula is C22H28ClN5O3S. The van der Waals surface area contributed by atoms with Gasteiger partial charge in [0, 0.05) is 12.1 Å². The van der Waals surface area contributed by atoms with Gasteiger partial charge in [-0.15, -0.1) is 0 Å². The van der Waals surface area contributed by atoms with Crippen molar-refractivity contribution in [2.24, 2.45) is 0 Å². The normalized spacial score (nSPS) is 18.8. The van der Waals surface area contributed by atoms with Crippen molar-refractivity contribution in [2.75, 3.05) is 10.6 Å². The second-order valence-electron chi connectivity index (χ2n) is 8.01. The number of anilines is 3. The van der Waals surface area contributed by atoms with Gasteiger partial charge in [0.25, 0.3) is 0 Å². The lowest BCUT2D eigenvalue weighted by atomic mass is 9.91. The SMILES string of the molecule is C=CC(=O)N[C@H]1CC[C@H](Nc2ncc(Cl)c(Nc3ccccc3S(=O)(=O)C(C)C)n2)CC1. The summed E-state index contributed by atoms with van der Waals surface area (Å²) < 4.78 is 25.4. The van der Waals surface area contributed by atoms with Gasteiger partial charge in [-0.2, -0.15) is 4.98 Å². The molecule has 0 bridgehead atoms. The van der Waals surface area contributed by atoms with Crippen LogP contribution in [0.3, 0.4) is 0 Å². The highest BCUT2D eigenvalue weighted by atomic mass is 35.5. The van der Waals surface area contributed by atoms with Crippen LogP contribution in [0.1, 0.15) is 39.5 Å². The van der Waals surface area contributed by atoms with Crippen LogP contribution in [-0.4, -0.2) is 41.6 Å². The summed E-state index contributed by atoms with van der Waals surface area (Å²) in [4.78, 5) is 20.4. The molecule has 1 fully saturated rings. The lowest BCUT2D eigenvalue weighted by molar-refractivity contribution is -0.117. The Kier molecular flexibility index (Phi) is 7.73. The van der Waals surface area contributed by atoms with Crippen molar-refractivity contribution in [3.8, 4) is 0 Å². The molecule has 2 aromatic rings. The maximum atomic E-state index is 12.7. The molecule has 1 aromatic carbocycles. The quantitative estimate of drug-likeness (QED) is 0.491. The predicted octanol–water partition coefficient (Wildman–Crippen LogP) is 4.08. The maximum absolute atomic E-state index is 12.7. The molecule has 0 aliphatic heterocycles. The molecule has 1 aromatic heterocycles. The number of hydrogen-bond acceptors (Lipinski definition) is 7. The number of para-hydroxylation sites is 1. The number of sulfone groups is 1. The van der Waals surface area contributed by atoms with Crippen LogP contribution < -0.4 is 16.0 Å². The van der Waals surface area contributed by atoms with Crippen LogP contribution in [0.25, 0.3) is 0 Å². The van der Waals surface area contributed by atoms with Crippen LogP contribution in [0.4, 0.5) is 17.5 Å². The minimum absolute atomic E-state index is 0.140. The van der Waals surface area contributed by atoms with E-state index in [2.05, 4.69) is 32.5 Å². The minimum atomic E-state index is -3.49. The minimum Gasteiger partial charge on any atom is -0.351 e. The second-order valence-corrected chi connectivity index (χ2v) is 10.9. The van der Waals surface area contributed by atoms with Crippen LogP contribution >= 0.6 is 11.6 Å². The average molecular weight is 478 g/mol. The third-order valence-electron chi connectivity index (χ3n) is 5.40. The Morgan fingerprint density at radius 3 is 2.50 bits per heavy atom. The molecule has 3 rings (SSSR count). The molecule has 0 saturated heterocycles. The molecule has 10 heteroatoms. The summed E-state index contributed by atoms with van der Waals surface area (Å²) in [6.07, 6.45) is 6.16. The number of aromatic nitrogens is 2. The summed E-state index contributed by atoms with van der Waals surface area (Å²) in [6.45, 7) is 6.76. The number of carbonyl (C=O) groups excluding carboxylic acids is 1. The van der Waals surface area contributed by atoms with Gasteiger partial charge in [0.15, 0.2) is 15.7 Å². The molecule has 1 aliphatic rings. The van der Waals surface area contributed by atoms with Crippen LogP contribution in [0, 0.1) is 0 Å². The summed E-state index contributed by atoms with van der Waals surface area (Å²) in [5.74, 6) is 0.570. The number of benzene rings is 1. The molecule has 0 spiro atoms. The van der Waals surface area contributed by atoms with Crippen molar-refractivity contribution in [2.45, 2.75) is 61.8 Å². The Bertz CT molecular complexity index is 1080. The van der Waals surface area contributed by atoms with Gasteiger partial charge in [-0.05, 0) is 57.7 Å². The van der Waals surface area contributed by atoms with Gasteiger partial charge >= 0.3 is 0 Å². The second kappa shape index (κ2) is 10.3. The van der Waals surface area contributed by atoms with Crippen LogP contribution in [0.15, 0.2) is 48.0 Å². The van der Waals surface area contributed by atoms with E-state index < -0.39 is 15.1 Å². The van der Waals surface area contributed by atoms with Crippen molar-refractivity contribution >= 4 is 44.8 Å². The first-order valence-electron chi connectivity index (χ1n) is 10.5. The van der Waals surface area contributed by atoms with E-state index in [0.29, 0.717) is 17.5 Å². The first-order chi connectivity index (χ1) is 15.2. The van der Waals surface area contributed by atoms with Gasteiger partial charge in [-0.25, -0.2) is 13.4 Å². The molecular weight excluding hydrogens is 450 g/mol. The Morgan fingerprint density at radius 1 is 1.19 bits per heavy atom. The van der Waals surface area contributed by atoms with Crippen molar-refractivity contribution in [1.82, 2.24) is 15.3 Å². The lowest BCUT2D eigenvalue weighted by Crippen LogP contribution is -2.39. The zero-order valence-corrected chi connectivity index (χ0v) is 19.7. The molecule has 1 aliphatic carbocycles. The molecule has 1 heterocycles. The zero-order chi connectivity index (χ0) is 23.3. The summed E-state index contributed by atoms with van der Waals surface area (Å²) in [5.41, 5.74) is 0.409. The van der Waals surface area contributed by atoms with Gasteiger partial charge in [0.05, 0.1) is 22.0 Å². The van der Waals surface area contributed by atoms with E-state index in [4.69, 9.17) is 11.6 Å². The molecule has 32 heavy (non-hydrogen) atoms. The summed E-state index contributed by atoms with van der Waals surface area (Å²) in [6, 6.07) is 6.98. The van der Waals surface area contributed by atoms with E-state index in [1.807, 2.05) is 0 Å². The molecule has 1 amide bonds. The Balaban J connectivity index is 1.72. The third kappa shape index (κ3) is 5.77. The van der Waals surface area contributed by atoms with E-state index in [9.17, 15) is 13.2 Å². The fourth-order valence-corrected chi connectivity index (χ4v) is 4.89. The summed E-state index contributed by atoms with van der Waals surface area (Å²) in [7, 11) is -3.49. The van der Waals surface area contributed by atoms with Crippen LogP contribution in [0.5, 0.6) is 0 Å². The van der Waals surface area contributed by atoms with Gasteiger partial charge in [0.1, 0.15) is 5.02 Å². The standard InChI is InChI=1S/C22H28ClN5O3S/c1-4-20(29)25-15-9-11-16(12-10-15)26-22-24-13-17(23)21(28-22)27-18-7-5-6-8-19(18)32(30,31)14(2)3/h4-8,13-16H,1,9-12H2,2-3H3,(H,25,29)(H2,24,26,27,28)/t15-,16-. The van der Waals surface area contributed by atoms with Crippen molar-refractivity contribution in [1.29, 1.82) is 0 Å². The summed E-state index contributed by atoms with van der Waals surface area (Å²) in [5, 5.41) is 9.02. The fourth-order valence-electron chi connectivity index (χ4n) is 3.55. The Labute approximate surface area is 193 Å². The molecule has 1 saturated carbocycles. The van der Waals surface area contributed by atoms with Crippen molar-refractivity contribution in [3.05, 3.63) is 48.1 Å². The van der Waals surface area contributed by atoms with Gasteiger partial charge in [-0.3, -0.25) is 4.79 Å². The number of carbonyl (C=O) groups is 1. The van der Waals surface area contributed by atoms with Gasteiger partial charge in [-0.1, -0.05) is 30.3 Å². The Hall–Kier alpha value is -2.65. The highest BCUT2D eigenvalue weighted by Crippen LogP contribution is 2.30. The van der Waals surface area contributed by atoms with E-state index in [0.717, 1.165) is 25.7 Å². The number of nitrogens with zero attached hydrogens (tertiary/aromatic N) is 2.